The van der Waals surface area contributed by atoms with Crippen LogP contribution in [0.15, 0.2) is 35.7 Å². The second-order valence-corrected chi connectivity index (χ2v) is 3.71. The standard InChI is InChI=1S/C10H13N3O2.ClH/c1-12-5-4-11-7-8-6-9(13(14)15)2-3-10(8)12;/h2-3,6-7,10-11H,4-5H2,1H3;1H. The molecule has 16 heavy (non-hydrogen) atoms. The Bertz CT molecular complexity index is 376. The molecular weight excluding hydrogens is 230 g/mol. The summed E-state index contributed by atoms with van der Waals surface area (Å²) < 4.78 is 0. The van der Waals surface area contributed by atoms with E-state index in [0.717, 1.165) is 18.7 Å². The molecule has 1 aliphatic heterocycles. The maximum Gasteiger partial charge on any atom is 0.269 e. The summed E-state index contributed by atoms with van der Waals surface area (Å²) in [5, 5.41) is 13.8. The first-order valence-corrected chi connectivity index (χ1v) is 4.86. The molecule has 6 heteroatoms. The van der Waals surface area contributed by atoms with Crippen molar-refractivity contribution in [2.45, 2.75) is 6.04 Å². The third-order valence-electron chi connectivity index (χ3n) is 2.67. The van der Waals surface area contributed by atoms with Gasteiger partial charge in [-0.1, -0.05) is 6.08 Å². The Morgan fingerprint density at radius 3 is 3.06 bits per heavy atom. The maximum atomic E-state index is 10.6. The van der Waals surface area contributed by atoms with Gasteiger partial charge in [0.15, 0.2) is 0 Å². The molecule has 0 bridgehead atoms. The monoisotopic (exact) mass is 243 g/mol. The van der Waals surface area contributed by atoms with Crippen molar-refractivity contribution in [3.8, 4) is 0 Å². The van der Waals surface area contributed by atoms with Gasteiger partial charge in [0.05, 0.1) is 11.0 Å². The Hall–Kier alpha value is -1.33. The minimum absolute atomic E-state index is 0. The highest BCUT2D eigenvalue weighted by Gasteiger charge is 2.23. The summed E-state index contributed by atoms with van der Waals surface area (Å²) in [6.45, 7) is 1.79. The number of fused-ring (bicyclic) bond motifs is 1. The first-order valence-electron chi connectivity index (χ1n) is 4.86. The first-order chi connectivity index (χ1) is 7.18. The molecular formula is C10H14ClN3O2. The van der Waals surface area contributed by atoms with Crippen LogP contribution < -0.4 is 5.32 Å². The van der Waals surface area contributed by atoms with E-state index in [9.17, 15) is 10.1 Å². The van der Waals surface area contributed by atoms with E-state index in [1.54, 1.807) is 12.2 Å². The summed E-state index contributed by atoms with van der Waals surface area (Å²) in [4.78, 5) is 12.4. The highest BCUT2D eigenvalue weighted by Crippen LogP contribution is 2.21. The molecule has 1 aliphatic carbocycles. The second kappa shape index (κ2) is 5.14. The quantitative estimate of drug-likeness (QED) is 0.550. The van der Waals surface area contributed by atoms with Gasteiger partial charge in [0.25, 0.3) is 5.70 Å². The predicted molar refractivity (Wildman–Crippen MR) is 64.0 cm³/mol. The number of hydrogen-bond acceptors (Lipinski definition) is 4. The topological polar surface area (TPSA) is 58.4 Å². The van der Waals surface area contributed by atoms with Gasteiger partial charge < -0.3 is 5.32 Å². The molecule has 0 aromatic heterocycles. The summed E-state index contributed by atoms with van der Waals surface area (Å²) in [6.07, 6.45) is 6.93. The largest absolute Gasteiger partial charge is 0.389 e. The summed E-state index contributed by atoms with van der Waals surface area (Å²) in [7, 11) is 2.01. The number of nitrogens with one attached hydrogen (secondary N) is 1. The van der Waals surface area contributed by atoms with Gasteiger partial charge in [0.1, 0.15) is 0 Å². The molecule has 0 saturated carbocycles. The third kappa shape index (κ3) is 2.43. The Labute approximate surface area is 100 Å². The molecule has 1 heterocycles. The van der Waals surface area contributed by atoms with Crippen molar-refractivity contribution in [2.75, 3.05) is 20.1 Å². The zero-order valence-corrected chi connectivity index (χ0v) is 9.74. The van der Waals surface area contributed by atoms with Crippen molar-refractivity contribution < 1.29 is 4.92 Å². The van der Waals surface area contributed by atoms with Crippen LogP contribution in [0.1, 0.15) is 0 Å². The van der Waals surface area contributed by atoms with Crippen LogP contribution in [0.2, 0.25) is 0 Å². The Morgan fingerprint density at radius 2 is 2.38 bits per heavy atom. The van der Waals surface area contributed by atoms with Crippen LogP contribution in [-0.4, -0.2) is 36.0 Å². The van der Waals surface area contributed by atoms with E-state index in [4.69, 9.17) is 0 Å². The molecule has 1 atom stereocenters. The maximum absolute atomic E-state index is 10.6. The number of hydrogen-bond donors (Lipinski definition) is 1. The molecule has 1 unspecified atom stereocenters. The zero-order chi connectivity index (χ0) is 10.8. The number of likely N-dealkylation sites (N-methyl/N-ethyl adjacent to an activating group) is 1. The van der Waals surface area contributed by atoms with Crippen LogP contribution in [0.25, 0.3) is 0 Å². The van der Waals surface area contributed by atoms with E-state index in [0.29, 0.717) is 0 Å². The average molecular weight is 244 g/mol. The molecule has 0 fully saturated rings. The minimum atomic E-state index is -0.363. The summed E-state index contributed by atoms with van der Waals surface area (Å²) in [6, 6.07) is 0.156. The van der Waals surface area contributed by atoms with Gasteiger partial charge in [-0.15, -0.1) is 12.4 Å². The molecule has 0 saturated heterocycles. The van der Waals surface area contributed by atoms with Crippen LogP contribution in [0.3, 0.4) is 0 Å². The normalized spacial score (nSPS) is 24.2. The molecule has 2 rings (SSSR count). The lowest BCUT2D eigenvalue weighted by atomic mass is 10.0. The van der Waals surface area contributed by atoms with E-state index in [2.05, 4.69) is 10.2 Å². The summed E-state index contributed by atoms with van der Waals surface area (Å²) in [5.74, 6) is 0. The van der Waals surface area contributed by atoms with E-state index in [1.165, 1.54) is 0 Å². The average Bonchev–Trinajstić information content (AvgIpc) is 2.40. The van der Waals surface area contributed by atoms with Gasteiger partial charge in [0, 0.05) is 31.4 Å². The molecule has 1 N–H and O–H groups in total. The van der Waals surface area contributed by atoms with Crippen molar-refractivity contribution in [3.63, 3.8) is 0 Å². The molecule has 0 radical (unpaired) electrons. The fourth-order valence-corrected chi connectivity index (χ4v) is 1.82. The molecule has 0 spiro atoms. The Morgan fingerprint density at radius 1 is 1.62 bits per heavy atom. The lowest BCUT2D eigenvalue weighted by Crippen LogP contribution is -2.33. The lowest BCUT2D eigenvalue weighted by Gasteiger charge is -2.25. The van der Waals surface area contributed by atoms with Crippen molar-refractivity contribution in [1.29, 1.82) is 0 Å². The zero-order valence-electron chi connectivity index (χ0n) is 8.92. The fourth-order valence-electron chi connectivity index (χ4n) is 1.82. The van der Waals surface area contributed by atoms with Gasteiger partial charge in [0.2, 0.25) is 0 Å². The molecule has 88 valence electrons. The van der Waals surface area contributed by atoms with Gasteiger partial charge in [-0.2, -0.15) is 0 Å². The third-order valence-corrected chi connectivity index (χ3v) is 2.67. The van der Waals surface area contributed by atoms with Crippen LogP contribution >= 0.6 is 12.4 Å². The number of nitro groups is 1. The van der Waals surface area contributed by atoms with Gasteiger partial charge in [-0.3, -0.25) is 15.0 Å². The molecule has 0 aromatic carbocycles. The highest BCUT2D eigenvalue weighted by molar-refractivity contribution is 5.85. The molecule has 0 amide bonds. The van der Waals surface area contributed by atoms with Crippen LogP contribution in [0, 0.1) is 10.1 Å². The minimum Gasteiger partial charge on any atom is -0.389 e. The highest BCUT2D eigenvalue weighted by atomic mass is 35.5. The van der Waals surface area contributed by atoms with Crippen LogP contribution in [0.5, 0.6) is 0 Å². The number of nitrogens with zero attached hydrogens (tertiary/aromatic N) is 2. The van der Waals surface area contributed by atoms with Gasteiger partial charge >= 0.3 is 0 Å². The fraction of sp³-hybridized carbons (Fsp3) is 0.400. The predicted octanol–water partition coefficient (Wildman–Crippen LogP) is 0.926. The summed E-state index contributed by atoms with van der Waals surface area (Å²) >= 11 is 0. The SMILES string of the molecule is CN1CCNC=C2C=C([N+](=O)[O-])C=CC21.Cl. The number of halogens is 1. The van der Waals surface area contributed by atoms with Crippen LogP contribution in [0.4, 0.5) is 0 Å². The Balaban J connectivity index is 0.00000128. The van der Waals surface area contributed by atoms with E-state index in [-0.39, 0.29) is 29.1 Å². The van der Waals surface area contributed by atoms with Crippen molar-refractivity contribution in [2.24, 2.45) is 0 Å². The van der Waals surface area contributed by atoms with Crippen LogP contribution in [-0.2, 0) is 0 Å². The smallest absolute Gasteiger partial charge is 0.269 e. The first kappa shape index (κ1) is 12.7. The molecule has 2 aliphatic rings. The van der Waals surface area contributed by atoms with E-state index in [1.807, 2.05) is 19.3 Å². The van der Waals surface area contributed by atoms with Crippen molar-refractivity contribution in [1.82, 2.24) is 10.2 Å². The Kier molecular flexibility index (Phi) is 4.09. The lowest BCUT2D eigenvalue weighted by molar-refractivity contribution is -0.419. The molecule has 5 nitrogen and oxygen atoms in total. The van der Waals surface area contributed by atoms with Crippen molar-refractivity contribution >= 4 is 12.4 Å². The number of rotatable bonds is 1. The second-order valence-electron chi connectivity index (χ2n) is 3.71. The van der Waals surface area contributed by atoms with Gasteiger partial charge in [-0.05, 0) is 12.6 Å². The van der Waals surface area contributed by atoms with E-state index < -0.39 is 0 Å². The summed E-state index contributed by atoms with van der Waals surface area (Å²) in [5.41, 5.74) is 1.10. The number of allylic oxidation sites excluding steroid dienone is 1. The molecule has 0 aromatic rings. The van der Waals surface area contributed by atoms with Crippen molar-refractivity contribution in [3.05, 3.63) is 45.8 Å². The van der Waals surface area contributed by atoms with Gasteiger partial charge in [-0.25, -0.2) is 0 Å². The van der Waals surface area contributed by atoms with E-state index >= 15 is 0 Å².